The van der Waals surface area contributed by atoms with Gasteiger partial charge in [-0.15, -0.1) is 0 Å². The number of carbonyl (C=O) groups is 2. The van der Waals surface area contributed by atoms with Crippen molar-refractivity contribution in [3.05, 3.63) is 22.8 Å². The third-order valence-corrected chi connectivity index (χ3v) is 7.32. The second-order valence-electron chi connectivity index (χ2n) is 8.73. The van der Waals surface area contributed by atoms with Gasteiger partial charge in [0.1, 0.15) is 5.78 Å². The van der Waals surface area contributed by atoms with Gasteiger partial charge in [-0.3, -0.25) is 4.79 Å². The highest BCUT2D eigenvalue weighted by Gasteiger charge is 2.56. The molecule has 2 fully saturated rings. The average molecular weight is 328 g/mol. The first kappa shape index (κ1) is 16.3. The SMILES string of the molecule is CC(=O)C[C@H]1CC2(C)C(O)CCC2C2CCC3=CC(=O)CCC3=C21. The molecule has 3 nitrogen and oxygen atoms in total. The Morgan fingerprint density at radius 3 is 2.79 bits per heavy atom. The molecule has 2 saturated carbocycles. The highest BCUT2D eigenvalue weighted by atomic mass is 16.3. The molecular formula is C21H28O3. The fourth-order valence-electron chi connectivity index (χ4n) is 6.33. The van der Waals surface area contributed by atoms with Gasteiger partial charge in [0.15, 0.2) is 5.78 Å². The molecule has 0 bridgehead atoms. The minimum absolute atomic E-state index is 0.0411. The summed E-state index contributed by atoms with van der Waals surface area (Å²) in [5.74, 6) is 1.80. The number of rotatable bonds is 2. The Morgan fingerprint density at radius 2 is 2.04 bits per heavy atom. The van der Waals surface area contributed by atoms with Crippen LogP contribution in [0, 0.1) is 23.2 Å². The molecular weight excluding hydrogens is 300 g/mol. The van der Waals surface area contributed by atoms with E-state index in [0.29, 0.717) is 24.7 Å². The van der Waals surface area contributed by atoms with Crippen molar-refractivity contribution in [1.29, 1.82) is 0 Å². The van der Waals surface area contributed by atoms with Gasteiger partial charge in [-0.05, 0) is 85.8 Å². The summed E-state index contributed by atoms with van der Waals surface area (Å²) in [5, 5.41) is 10.6. The topological polar surface area (TPSA) is 54.4 Å². The van der Waals surface area contributed by atoms with Crippen molar-refractivity contribution in [1.82, 2.24) is 0 Å². The van der Waals surface area contributed by atoms with Crippen LogP contribution in [0.2, 0.25) is 0 Å². The number of fused-ring (bicyclic) bond motifs is 4. The molecule has 1 N–H and O–H groups in total. The first-order valence-electron chi connectivity index (χ1n) is 9.54. The van der Waals surface area contributed by atoms with Gasteiger partial charge >= 0.3 is 0 Å². The highest BCUT2D eigenvalue weighted by molar-refractivity contribution is 5.93. The van der Waals surface area contributed by atoms with E-state index in [1.807, 2.05) is 6.08 Å². The fourth-order valence-corrected chi connectivity index (χ4v) is 6.33. The van der Waals surface area contributed by atoms with Crippen LogP contribution < -0.4 is 0 Å². The first-order valence-corrected chi connectivity index (χ1v) is 9.54. The van der Waals surface area contributed by atoms with Crippen molar-refractivity contribution in [2.75, 3.05) is 0 Å². The quantitative estimate of drug-likeness (QED) is 0.840. The number of aliphatic hydroxyl groups excluding tert-OH is 1. The maximum Gasteiger partial charge on any atom is 0.156 e. The molecule has 0 saturated heterocycles. The van der Waals surface area contributed by atoms with E-state index in [9.17, 15) is 14.7 Å². The Kier molecular flexibility index (Phi) is 3.83. The zero-order chi connectivity index (χ0) is 17.1. The van der Waals surface area contributed by atoms with Gasteiger partial charge in [-0.2, -0.15) is 0 Å². The molecule has 4 aliphatic rings. The molecule has 3 heteroatoms. The molecule has 0 spiro atoms. The van der Waals surface area contributed by atoms with Crippen LogP contribution in [0.25, 0.3) is 0 Å². The first-order chi connectivity index (χ1) is 11.4. The van der Waals surface area contributed by atoms with E-state index in [-0.39, 0.29) is 29.0 Å². The summed E-state index contributed by atoms with van der Waals surface area (Å²) in [5.41, 5.74) is 4.10. The predicted molar refractivity (Wildman–Crippen MR) is 92.3 cm³/mol. The number of carbonyl (C=O) groups excluding carboxylic acids is 2. The minimum atomic E-state index is -0.228. The predicted octanol–water partition coefficient (Wildman–Crippen LogP) is 3.76. The summed E-state index contributed by atoms with van der Waals surface area (Å²) in [6.45, 7) is 3.93. The Morgan fingerprint density at radius 1 is 1.25 bits per heavy atom. The second kappa shape index (κ2) is 5.66. The van der Waals surface area contributed by atoms with Gasteiger partial charge in [0, 0.05) is 12.8 Å². The van der Waals surface area contributed by atoms with Crippen LogP contribution in [0.4, 0.5) is 0 Å². The number of allylic oxidation sites excluding steroid dienone is 4. The molecule has 0 aliphatic heterocycles. The Balaban J connectivity index is 1.81. The molecule has 0 heterocycles. The zero-order valence-electron chi connectivity index (χ0n) is 14.8. The van der Waals surface area contributed by atoms with Gasteiger partial charge in [0.25, 0.3) is 0 Å². The van der Waals surface area contributed by atoms with Crippen molar-refractivity contribution in [2.45, 2.75) is 71.3 Å². The van der Waals surface area contributed by atoms with Gasteiger partial charge in [0.05, 0.1) is 6.10 Å². The molecule has 0 aromatic carbocycles. The lowest BCUT2D eigenvalue weighted by Crippen LogP contribution is -2.46. The lowest BCUT2D eigenvalue weighted by atomic mass is 9.53. The van der Waals surface area contributed by atoms with Crippen LogP contribution in [0.1, 0.15) is 65.2 Å². The van der Waals surface area contributed by atoms with Crippen LogP contribution in [0.3, 0.4) is 0 Å². The summed E-state index contributed by atoms with van der Waals surface area (Å²) in [4.78, 5) is 23.8. The van der Waals surface area contributed by atoms with Crippen LogP contribution in [-0.2, 0) is 9.59 Å². The molecule has 0 aromatic heterocycles. The van der Waals surface area contributed by atoms with E-state index in [1.54, 1.807) is 6.92 Å². The van der Waals surface area contributed by atoms with Gasteiger partial charge in [0.2, 0.25) is 0 Å². The molecule has 5 atom stereocenters. The normalized spacial score (nSPS) is 41.5. The summed E-state index contributed by atoms with van der Waals surface area (Å²) in [7, 11) is 0. The van der Waals surface area contributed by atoms with E-state index < -0.39 is 0 Å². The summed E-state index contributed by atoms with van der Waals surface area (Å²) in [6, 6.07) is 0. The summed E-state index contributed by atoms with van der Waals surface area (Å²) in [6.07, 6.45) is 8.70. The molecule has 0 aromatic rings. The number of aliphatic hydroxyl groups is 1. The third-order valence-electron chi connectivity index (χ3n) is 7.32. The molecule has 4 rings (SSSR count). The van der Waals surface area contributed by atoms with Gasteiger partial charge < -0.3 is 9.90 Å². The number of Topliss-reactive ketones (excluding diaryl/α,β-unsaturated/α-hetero) is 1. The van der Waals surface area contributed by atoms with Crippen molar-refractivity contribution in [3.63, 3.8) is 0 Å². The largest absolute Gasteiger partial charge is 0.393 e. The molecule has 4 unspecified atom stereocenters. The Bertz CT molecular complexity index is 656. The van der Waals surface area contributed by atoms with Gasteiger partial charge in [-0.25, -0.2) is 0 Å². The van der Waals surface area contributed by atoms with E-state index in [0.717, 1.165) is 38.5 Å². The van der Waals surface area contributed by atoms with E-state index >= 15 is 0 Å². The molecule has 0 radical (unpaired) electrons. The smallest absolute Gasteiger partial charge is 0.156 e. The number of hydrogen-bond acceptors (Lipinski definition) is 3. The van der Waals surface area contributed by atoms with Crippen molar-refractivity contribution >= 4 is 11.6 Å². The maximum absolute atomic E-state index is 11.9. The molecule has 130 valence electrons. The van der Waals surface area contributed by atoms with Gasteiger partial charge in [-0.1, -0.05) is 12.5 Å². The highest BCUT2D eigenvalue weighted by Crippen LogP contribution is 2.62. The van der Waals surface area contributed by atoms with Crippen molar-refractivity contribution < 1.29 is 14.7 Å². The second-order valence-corrected chi connectivity index (χ2v) is 8.73. The monoisotopic (exact) mass is 328 g/mol. The van der Waals surface area contributed by atoms with E-state index in [2.05, 4.69) is 6.92 Å². The Hall–Kier alpha value is -1.22. The number of hydrogen-bond donors (Lipinski definition) is 1. The van der Waals surface area contributed by atoms with Crippen LogP contribution in [-0.4, -0.2) is 22.8 Å². The van der Waals surface area contributed by atoms with E-state index in [1.165, 1.54) is 16.7 Å². The standard InChI is InChI=1S/C21H28O3/c1-12(22)9-14-11-21(2)18(7-8-19(21)24)17-5-3-13-10-15(23)4-6-16(13)20(14)17/h10,14,17-19,24H,3-9,11H2,1-2H3/t14-,17?,18?,19?,21?/m0/s1. The Labute approximate surface area is 144 Å². The van der Waals surface area contributed by atoms with E-state index in [4.69, 9.17) is 0 Å². The van der Waals surface area contributed by atoms with Crippen molar-refractivity contribution in [2.24, 2.45) is 23.2 Å². The lowest BCUT2D eigenvalue weighted by Gasteiger charge is -2.51. The third kappa shape index (κ3) is 2.35. The molecule has 0 amide bonds. The lowest BCUT2D eigenvalue weighted by molar-refractivity contribution is -0.119. The minimum Gasteiger partial charge on any atom is -0.393 e. The van der Waals surface area contributed by atoms with Crippen LogP contribution in [0.5, 0.6) is 0 Å². The fraction of sp³-hybridized carbons (Fsp3) is 0.714. The maximum atomic E-state index is 11.9. The number of ketones is 2. The molecule has 24 heavy (non-hydrogen) atoms. The average Bonchev–Trinajstić information content (AvgIpc) is 2.81. The molecule has 4 aliphatic carbocycles. The van der Waals surface area contributed by atoms with Crippen molar-refractivity contribution in [3.8, 4) is 0 Å². The summed E-state index contributed by atoms with van der Waals surface area (Å²) >= 11 is 0. The zero-order valence-corrected chi connectivity index (χ0v) is 14.8. The van der Waals surface area contributed by atoms with Crippen LogP contribution in [0.15, 0.2) is 22.8 Å². The van der Waals surface area contributed by atoms with Crippen LogP contribution >= 0.6 is 0 Å². The summed E-state index contributed by atoms with van der Waals surface area (Å²) < 4.78 is 0.